The predicted octanol–water partition coefficient (Wildman–Crippen LogP) is 3.47. The van der Waals surface area contributed by atoms with Gasteiger partial charge in [0.15, 0.2) is 11.9 Å². The Morgan fingerprint density at radius 3 is 2.55 bits per heavy atom. The molecule has 2 fully saturated rings. The Hall–Kier alpha value is -2.55. The van der Waals surface area contributed by atoms with Crippen LogP contribution in [-0.2, 0) is 19.1 Å². The molecule has 2 heterocycles. The van der Waals surface area contributed by atoms with Crippen molar-refractivity contribution in [2.75, 3.05) is 6.61 Å². The molecule has 31 heavy (non-hydrogen) atoms. The molecule has 2 aromatic rings. The molecule has 0 saturated heterocycles. The van der Waals surface area contributed by atoms with Crippen LogP contribution in [0.2, 0.25) is 0 Å². The number of rotatable bonds is 5. The minimum absolute atomic E-state index is 0.0370. The average Bonchev–Trinajstić information content (AvgIpc) is 3.05. The van der Waals surface area contributed by atoms with Gasteiger partial charge in [-0.1, -0.05) is 6.42 Å². The summed E-state index contributed by atoms with van der Waals surface area (Å²) in [6.45, 7) is 5.30. The molecule has 0 aliphatic heterocycles. The fraction of sp³-hybridized carbons (Fsp3) is 0.591. The molecule has 4 rings (SSSR count). The van der Waals surface area contributed by atoms with E-state index < -0.39 is 12.1 Å². The molecule has 9 heteroatoms. The molecular formula is C22H26N2O6S. The zero-order valence-electron chi connectivity index (χ0n) is 17.9. The fourth-order valence-electron chi connectivity index (χ4n) is 4.74. The molecule has 2 aliphatic rings. The number of esters is 2. The van der Waals surface area contributed by atoms with Gasteiger partial charge in [-0.05, 0) is 52.0 Å². The number of carbonyl (C=O) groups is 3. The zero-order chi connectivity index (χ0) is 22.3. The molecule has 2 aromatic heterocycles. The summed E-state index contributed by atoms with van der Waals surface area (Å²) < 4.78 is 10.7. The molecular weight excluding hydrogens is 420 g/mol. The number of ketones is 1. The minimum Gasteiger partial charge on any atom is -0.462 e. The Morgan fingerprint density at radius 1 is 1.23 bits per heavy atom. The molecule has 4 atom stereocenters. The van der Waals surface area contributed by atoms with E-state index >= 15 is 0 Å². The van der Waals surface area contributed by atoms with E-state index in [2.05, 4.69) is 9.97 Å². The molecule has 2 saturated carbocycles. The van der Waals surface area contributed by atoms with Gasteiger partial charge in [0.25, 0.3) is 5.56 Å². The summed E-state index contributed by atoms with van der Waals surface area (Å²) in [4.78, 5) is 57.7. The van der Waals surface area contributed by atoms with Crippen LogP contribution in [0.1, 0.15) is 73.1 Å². The third kappa shape index (κ3) is 4.03. The maximum atomic E-state index is 12.8. The van der Waals surface area contributed by atoms with Crippen LogP contribution in [0.5, 0.6) is 0 Å². The van der Waals surface area contributed by atoms with Crippen LogP contribution >= 0.6 is 11.3 Å². The van der Waals surface area contributed by atoms with Crippen LogP contribution in [0, 0.1) is 24.7 Å². The van der Waals surface area contributed by atoms with Crippen molar-refractivity contribution in [3.8, 4) is 0 Å². The molecule has 8 nitrogen and oxygen atoms in total. The number of aromatic nitrogens is 2. The van der Waals surface area contributed by atoms with E-state index in [0.717, 1.165) is 30.6 Å². The van der Waals surface area contributed by atoms with E-state index in [9.17, 15) is 19.2 Å². The summed E-state index contributed by atoms with van der Waals surface area (Å²) in [7, 11) is 0. The smallest absolute Gasteiger partial charge is 0.348 e. The second kappa shape index (κ2) is 8.53. The summed E-state index contributed by atoms with van der Waals surface area (Å²) in [5.74, 6) is -0.685. The van der Waals surface area contributed by atoms with E-state index in [4.69, 9.17) is 9.47 Å². The lowest BCUT2D eigenvalue weighted by Crippen LogP contribution is -2.39. The van der Waals surface area contributed by atoms with Gasteiger partial charge in [0.2, 0.25) is 0 Å². The first-order chi connectivity index (χ1) is 14.8. The molecule has 0 radical (unpaired) electrons. The molecule has 2 bridgehead atoms. The quantitative estimate of drug-likeness (QED) is 0.699. The number of hydrogen-bond acceptors (Lipinski definition) is 8. The number of thiophene rings is 1. The number of Topliss-reactive ketones (excluding diaryl/α,β-unsaturated/α-hetero) is 1. The number of nitrogens with one attached hydrogen (secondary N) is 1. The summed E-state index contributed by atoms with van der Waals surface area (Å²) >= 11 is 1.09. The average molecular weight is 447 g/mol. The van der Waals surface area contributed by atoms with Gasteiger partial charge < -0.3 is 14.5 Å². The first-order valence-electron chi connectivity index (χ1n) is 10.7. The van der Waals surface area contributed by atoms with Crippen LogP contribution in [0.3, 0.4) is 0 Å². The van der Waals surface area contributed by atoms with Crippen molar-refractivity contribution < 1.29 is 23.9 Å². The Morgan fingerprint density at radius 2 is 1.90 bits per heavy atom. The Balaban J connectivity index is 1.53. The number of aromatic amines is 1. The Labute approximate surface area is 183 Å². The minimum atomic E-state index is -0.754. The SMILES string of the molecule is CCOC(=O)c1sc2nc([C@H](C)OC(=O)C3C[C@H]4CCC[C@@H](C3)C4=O)[nH]c(=O)c2c1C. The van der Waals surface area contributed by atoms with Gasteiger partial charge in [-0.2, -0.15) is 0 Å². The van der Waals surface area contributed by atoms with E-state index in [1.807, 2.05) is 0 Å². The molecule has 166 valence electrons. The zero-order valence-corrected chi connectivity index (χ0v) is 18.7. The highest BCUT2D eigenvalue weighted by molar-refractivity contribution is 7.20. The van der Waals surface area contributed by atoms with E-state index in [0.29, 0.717) is 39.3 Å². The molecule has 1 unspecified atom stereocenters. The first-order valence-corrected chi connectivity index (χ1v) is 11.6. The van der Waals surface area contributed by atoms with E-state index in [1.54, 1.807) is 20.8 Å². The normalized spacial score (nSPS) is 24.1. The van der Waals surface area contributed by atoms with Crippen molar-refractivity contribution >= 4 is 39.3 Å². The van der Waals surface area contributed by atoms with Gasteiger partial charge in [-0.25, -0.2) is 9.78 Å². The van der Waals surface area contributed by atoms with Crippen molar-refractivity contribution in [2.24, 2.45) is 17.8 Å². The second-order valence-corrected chi connectivity index (χ2v) is 9.38. The lowest BCUT2D eigenvalue weighted by Gasteiger charge is -2.36. The number of fused-ring (bicyclic) bond motifs is 3. The predicted molar refractivity (Wildman–Crippen MR) is 114 cm³/mol. The highest BCUT2D eigenvalue weighted by Crippen LogP contribution is 2.41. The van der Waals surface area contributed by atoms with Gasteiger partial charge in [0.05, 0.1) is 17.9 Å². The summed E-state index contributed by atoms with van der Waals surface area (Å²) in [6, 6.07) is 0. The second-order valence-electron chi connectivity index (χ2n) is 8.38. The van der Waals surface area contributed by atoms with Crippen molar-refractivity contribution in [1.82, 2.24) is 9.97 Å². The lowest BCUT2D eigenvalue weighted by molar-refractivity contribution is -0.158. The molecule has 0 aromatic carbocycles. The van der Waals surface area contributed by atoms with Gasteiger partial charge in [-0.15, -0.1) is 11.3 Å². The first kappa shape index (κ1) is 21.7. The number of nitrogens with zero attached hydrogens (tertiary/aromatic N) is 1. The standard InChI is InChI=1S/C22H26N2O6S/c1-4-29-22(28)17-10(2)15-19(26)23-18(24-20(15)31-17)11(3)30-21(27)14-8-12-6-5-7-13(9-14)16(12)25/h11-14H,4-9H2,1-3H3,(H,23,24,26)/t11-,12-,13+,14?/m0/s1. The van der Waals surface area contributed by atoms with E-state index in [1.165, 1.54) is 0 Å². The maximum absolute atomic E-state index is 12.8. The van der Waals surface area contributed by atoms with Crippen molar-refractivity contribution in [2.45, 2.75) is 59.0 Å². The molecule has 0 amide bonds. The van der Waals surface area contributed by atoms with Crippen LogP contribution < -0.4 is 5.56 Å². The number of hydrogen-bond donors (Lipinski definition) is 1. The largest absolute Gasteiger partial charge is 0.462 e. The molecule has 2 aliphatic carbocycles. The topological polar surface area (TPSA) is 115 Å². The van der Waals surface area contributed by atoms with Gasteiger partial charge >= 0.3 is 11.9 Å². The highest BCUT2D eigenvalue weighted by Gasteiger charge is 2.42. The number of aryl methyl sites for hydroxylation is 1. The molecule has 0 spiro atoms. The van der Waals surface area contributed by atoms with Gasteiger partial charge in [0.1, 0.15) is 15.5 Å². The van der Waals surface area contributed by atoms with Gasteiger partial charge in [-0.3, -0.25) is 14.4 Å². The number of H-pyrrole nitrogens is 1. The third-order valence-corrected chi connectivity index (χ3v) is 7.50. The summed E-state index contributed by atoms with van der Waals surface area (Å²) in [5, 5.41) is 0.342. The van der Waals surface area contributed by atoms with Crippen LogP contribution in [0.4, 0.5) is 0 Å². The van der Waals surface area contributed by atoms with Crippen molar-refractivity contribution in [1.29, 1.82) is 0 Å². The van der Waals surface area contributed by atoms with Crippen LogP contribution in [0.15, 0.2) is 4.79 Å². The van der Waals surface area contributed by atoms with Crippen molar-refractivity contribution in [3.63, 3.8) is 0 Å². The van der Waals surface area contributed by atoms with E-state index in [-0.39, 0.29) is 41.7 Å². The summed E-state index contributed by atoms with van der Waals surface area (Å²) in [6.07, 6.45) is 3.06. The monoisotopic (exact) mass is 446 g/mol. The molecule has 1 N–H and O–H groups in total. The summed E-state index contributed by atoms with van der Waals surface area (Å²) in [5.41, 5.74) is 0.145. The number of carbonyl (C=O) groups excluding carboxylic acids is 3. The third-order valence-electron chi connectivity index (χ3n) is 6.34. The fourth-order valence-corrected chi connectivity index (χ4v) is 5.83. The highest BCUT2D eigenvalue weighted by atomic mass is 32.1. The van der Waals surface area contributed by atoms with Crippen LogP contribution in [-0.4, -0.2) is 34.3 Å². The Bertz CT molecular complexity index is 1090. The lowest BCUT2D eigenvalue weighted by atomic mass is 9.67. The Kier molecular flexibility index (Phi) is 5.96. The van der Waals surface area contributed by atoms with Gasteiger partial charge in [0, 0.05) is 11.8 Å². The van der Waals surface area contributed by atoms with Crippen LogP contribution in [0.25, 0.3) is 10.2 Å². The van der Waals surface area contributed by atoms with Crippen molar-refractivity contribution in [3.05, 3.63) is 26.6 Å². The number of ether oxygens (including phenoxy) is 2. The maximum Gasteiger partial charge on any atom is 0.348 e.